The molecule has 0 saturated heterocycles. The van der Waals surface area contributed by atoms with Gasteiger partial charge < -0.3 is 9.64 Å². The van der Waals surface area contributed by atoms with E-state index in [1.807, 2.05) is 41.2 Å². The fourth-order valence-electron chi connectivity index (χ4n) is 4.72. The summed E-state index contributed by atoms with van der Waals surface area (Å²) in [5, 5.41) is 4.64. The molecule has 2 aromatic heterocycles. The van der Waals surface area contributed by atoms with Crippen LogP contribution in [0.25, 0.3) is 5.69 Å². The van der Waals surface area contributed by atoms with Crippen molar-refractivity contribution < 1.29 is 4.74 Å². The van der Waals surface area contributed by atoms with Crippen molar-refractivity contribution in [3.63, 3.8) is 0 Å². The van der Waals surface area contributed by atoms with Crippen LogP contribution < -0.4 is 9.64 Å². The average Bonchev–Trinajstić information content (AvgIpc) is 3.34. The second-order valence-electron chi connectivity index (χ2n) is 8.88. The Morgan fingerprint density at radius 1 is 0.676 bits per heavy atom. The second-order valence-corrected chi connectivity index (χ2v) is 8.88. The van der Waals surface area contributed by atoms with Gasteiger partial charge in [-0.3, -0.25) is 0 Å². The molecular formula is C29H24N4O. The van der Waals surface area contributed by atoms with Crippen LogP contribution in [0.5, 0.6) is 11.8 Å². The molecule has 0 unspecified atom stereocenters. The lowest BCUT2D eigenvalue weighted by atomic mass is 9.73. The zero-order chi connectivity index (χ0) is 23.1. The van der Waals surface area contributed by atoms with Crippen LogP contribution >= 0.6 is 0 Å². The van der Waals surface area contributed by atoms with Crippen LogP contribution in [0.1, 0.15) is 25.0 Å². The zero-order valence-electron chi connectivity index (χ0n) is 19.1. The molecule has 5 heteroatoms. The van der Waals surface area contributed by atoms with E-state index in [-0.39, 0.29) is 5.41 Å². The Bertz CT molecular complexity index is 1460. The fraction of sp³-hybridized carbons (Fsp3) is 0.103. The first-order valence-corrected chi connectivity index (χ1v) is 11.4. The number of benzene rings is 3. The Kier molecular flexibility index (Phi) is 4.69. The van der Waals surface area contributed by atoms with Crippen molar-refractivity contribution in [2.24, 2.45) is 0 Å². The smallest absolute Gasteiger partial charge is 0.240 e. The number of ether oxygens (including phenoxy) is 1. The third-order valence-corrected chi connectivity index (χ3v) is 6.40. The van der Waals surface area contributed by atoms with Crippen LogP contribution in [-0.2, 0) is 5.41 Å². The summed E-state index contributed by atoms with van der Waals surface area (Å²) in [6.07, 6.45) is 3.61. The molecule has 3 aromatic carbocycles. The predicted octanol–water partition coefficient (Wildman–Crippen LogP) is 7.17. The van der Waals surface area contributed by atoms with Gasteiger partial charge in [0.1, 0.15) is 0 Å². The molecule has 3 heterocycles. The highest BCUT2D eigenvalue weighted by Gasteiger charge is 2.36. The van der Waals surface area contributed by atoms with Crippen molar-refractivity contribution in [3.05, 3.63) is 121 Å². The summed E-state index contributed by atoms with van der Waals surface area (Å²) in [4.78, 5) is 6.56. The van der Waals surface area contributed by atoms with Crippen LogP contribution in [-0.4, -0.2) is 14.8 Å². The molecule has 0 aliphatic carbocycles. The highest BCUT2D eigenvalue weighted by Crippen LogP contribution is 2.52. The fourth-order valence-corrected chi connectivity index (χ4v) is 4.72. The lowest BCUT2D eigenvalue weighted by Gasteiger charge is -2.42. The van der Waals surface area contributed by atoms with Gasteiger partial charge in [-0.05, 0) is 47.5 Å². The number of rotatable bonds is 4. The van der Waals surface area contributed by atoms with E-state index in [0.717, 1.165) is 17.1 Å². The molecule has 6 rings (SSSR count). The molecule has 0 saturated carbocycles. The van der Waals surface area contributed by atoms with Crippen LogP contribution in [0.4, 0.5) is 17.1 Å². The number of hydrogen-bond donors (Lipinski definition) is 0. The maximum atomic E-state index is 5.81. The van der Waals surface area contributed by atoms with E-state index in [1.165, 1.54) is 16.8 Å². The summed E-state index contributed by atoms with van der Waals surface area (Å²) < 4.78 is 7.65. The van der Waals surface area contributed by atoms with Gasteiger partial charge in [-0.2, -0.15) is 0 Å². The minimum Gasteiger partial charge on any atom is -0.419 e. The number of anilines is 3. The first kappa shape index (κ1) is 20.2. The lowest BCUT2D eigenvalue weighted by Crippen LogP contribution is -2.30. The molecule has 34 heavy (non-hydrogen) atoms. The highest BCUT2D eigenvalue weighted by molar-refractivity contribution is 5.86. The van der Waals surface area contributed by atoms with Crippen molar-refractivity contribution in [1.29, 1.82) is 0 Å². The Balaban J connectivity index is 1.46. The molecule has 1 aliphatic rings. The summed E-state index contributed by atoms with van der Waals surface area (Å²) in [7, 11) is 0. The summed E-state index contributed by atoms with van der Waals surface area (Å²) >= 11 is 0. The molecule has 0 N–H and O–H groups in total. The van der Waals surface area contributed by atoms with Crippen LogP contribution in [0.2, 0.25) is 0 Å². The quantitative estimate of drug-likeness (QED) is 0.295. The predicted molar refractivity (Wildman–Crippen MR) is 135 cm³/mol. The molecule has 0 spiro atoms. The highest BCUT2D eigenvalue weighted by atomic mass is 16.5. The van der Waals surface area contributed by atoms with Crippen molar-refractivity contribution in [2.45, 2.75) is 19.3 Å². The van der Waals surface area contributed by atoms with E-state index < -0.39 is 0 Å². The number of aromatic nitrogens is 3. The molecule has 0 radical (unpaired) electrons. The minimum absolute atomic E-state index is 0.132. The Hall–Kier alpha value is -4.38. The standard InChI is InChI=1S/C29H24N4O/c1-29(2)23-12-6-7-13-25(23)33(21-10-4-3-5-11-21)26-20-22(15-16-24(26)29)32-19-17-28(31-32)34-27-14-8-9-18-30-27/h3-20H,1-2H3. The number of fused-ring (bicyclic) bond motifs is 2. The zero-order valence-corrected chi connectivity index (χ0v) is 19.1. The second kappa shape index (κ2) is 7.89. The van der Waals surface area contributed by atoms with Gasteiger partial charge in [0.2, 0.25) is 11.8 Å². The van der Waals surface area contributed by atoms with E-state index in [4.69, 9.17) is 4.74 Å². The summed E-state index contributed by atoms with van der Waals surface area (Å²) in [6, 6.07) is 33.1. The van der Waals surface area contributed by atoms with Gasteiger partial charge in [0.05, 0.1) is 17.1 Å². The third kappa shape index (κ3) is 3.33. The van der Waals surface area contributed by atoms with Crippen molar-refractivity contribution in [1.82, 2.24) is 14.8 Å². The van der Waals surface area contributed by atoms with Crippen LogP contribution in [0.15, 0.2) is 109 Å². The van der Waals surface area contributed by atoms with Gasteiger partial charge in [0.15, 0.2) is 0 Å². The largest absolute Gasteiger partial charge is 0.419 e. The molecule has 1 aliphatic heterocycles. The molecule has 5 nitrogen and oxygen atoms in total. The van der Waals surface area contributed by atoms with E-state index in [9.17, 15) is 0 Å². The third-order valence-electron chi connectivity index (χ3n) is 6.40. The topological polar surface area (TPSA) is 43.2 Å². The Morgan fingerprint density at radius 3 is 2.26 bits per heavy atom. The molecule has 0 amide bonds. The van der Waals surface area contributed by atoms with Crippen LogP contribution in [0, 0.1) is 0 Å². The van der Waals surface area contributed by atoms with Gasteiger partial charge in [-0.15, -0.1) is 5.10 Å². The van der Waals surface area contributed by atoms with Gasteiger partial charge >= 0.3 is 0 Å². The number of nitrogens with zero attached hydrogens (tertiary/aromatic N) is 4. The molecule has 0 bridgehead atoms. The molecule has 0 atom stereocenters. The first-order chi connectivity index (χ1) is 16.6. The van der Waals surface area contributed by atoms with Gasteiger partial charge in [-0.1, -0.05) is 62.4 Å². The average molecular weight is 445 g/mol. The summed E-state index contributed by atoms with van der Waals surface area (Å²) in [5.74, 6) is 1.02. The molecule has 0 fully saturated rings. The van der Waals surface area contributed by atoms with Crippen molar-refractivity contribution in [3.8, 4) is 17.4 Å². The normalized spacial score (nSPS) is 13.8. The first-order valence-electron chi connectivity index (χ1n) is 11.4. The van der Waals surface area contributed by atoms with E-state index in [2.05, 4.69) is 95.6 Å². The molecule has 166 valence electrons. The van der Waals surface area contributed by atoms with Gasteiger partial charge in [0.25, 0.3) is 0 Å². The van der Waals surface area contributed by atoms with Gasteiger partial charge in [-0.25, -0.2) is 9.67 Å². The monoisotopic (exact) mass is 444 g/mol. The maximum Gasteiger partial charge on any atom is 0.240 e. The number of hydrogen-bond acceptors (Lipinski definition) is 4. The Morgan fingerprint density at radius 2 is 1.44 bits per heavy atom. The molecule has 5 aromatic rings. The maximum absolute atomic E-state index is 5.81. The number of pyridine rings is 1. The summed E-state index contributed by atoms with van der Waals surface area (Å²) in [5.41, 5.74) is 6.89. The van der Waals surface area contributed by atoms with E-state index >= 15 is 0 Å². The van der Waals surface area contributed by atoms with Crippen molar-refractivity contribution in [2.75, 3.05) is 4.90 Å². The summed E-state index contributed by atoms with van der Waals surface area (Å²) in [6.45, 7) is 4.58. The van der Waals surface area contributed by atoms with Crippen molar-refractivity contribution >= 4 is 17.1 Å². The van der Waals surface area contributed by atoms with Gasteiger partial charge in [0, 0.05) is 35.6 Å². The Labute approximate surface area is 198 Å². The minimum atomic E-state index is -0.132. The van der Waals surface area contributed by atoms with E-state index in [1.54, 1.807) is 6.20 Å². The lowest BCUT2D eigenvalue weighted by molar-refractivity contribution is 0.440. The SMILES string of the molecule is CC1(C)c2ccccc2N(c2ccccc2)c2cc(-n3ccc(Oc4ccccn4)n3)ccc21. The van der Waals surface area contributed by atoms with Crippen LogP contribution in [0.3, 0.4) is 0 Å². The van der Waals surface area contributed by atoms with E-state index in [0.29, 0.717) is 11.8 Å². The number of para-hydroxylation sites is 2. The molecular weight excluding hydrogens is 420 g/mol.